The Labute approximate surface area is 219 Å². The molecule has 3 aromatic rings. The number of hydrazone groups is 1. The van der Waals surface area contributed by atoms with E-state index in [9.17, 15) is 25.6 Å². The minimum absolute atomic E-state index is 0.144. The number of nitrogens with one attached hydrogen (secondary N) is 1. The Morgan fingerprint density at radius 2 is 1.58 bits per heavy atom. The summed E-state index contributed by atoms with van der Waals surface area (Å²) in [6.07, 6.45) is 0. The number of nitrogens with zero attached hydrogens (tertiary/aromatic N) is 3. The van der Waals surface area contributed by atoms with Crippen LogP contribution in [-0.4, -0.2) is 51.9 Å². The molecule has 200 valence electrons. The van der Waals surface area contributed by atoms with Gasteiger partial charge < -0.3 is 0 Å². The van der Waals surface area contributed by atoms with E-state index in [1.54, 1.807) is 12.1 Å². The third kappa shape index (κ3) is 6.41. The predicted octanol–water partition coefficient (Wildman–Crippen LogP) is 2.78. The van der Waals surface area contributed by atoms with Gasteiger partial charge in [-0.2, -0.15) is 5.10 Å². The standard InChI is InChI=1S/C25H25F2N5O4S2/c1-17(37(28,33)34)15-29-25(31-38(35,36)22-13-11-21(27)12-14-22)32-16-23(18-5-3-2-4-6-18)24(30-32)19-7-9-20(26)10-8-19/h2-14,17,23H,15-16H2,1H3,(H,29,31)(H2,28,33,34)/t17-,23-/m0/s1. The monoisotopic (exact) mass is 561 g/mol. The molecule has 1 heterocycles. The summed E-state index contributed by atoms with van der Waals surface area (Å²) in [5, 5.41) is 10.0. The van der Waals surface area contributed by atoms with E-state index in [-0.39, 0.29) is 29.9 Å². The lowest BCUT2D eigenvalue weighted by atomic mass is 9.91. The van der Waals surface area contributed by atoms with Gasteiger partial charge in [0.2, 0.25) is 16.0 Å². The fourth-order valence-corrected chi connectivity index (χ4v) is 5.05. The molecular formula is C25H25F2N5O4S2. The zero-order valence-electron chi connectivity index (χ0n) is 20.2. The number of rotatable bonds is 7. The molecule has 0 saturated carbocycles. The number of primary sulfonamides is 1. The van der Waals surface area contributed by atoms with Crippen LogP contribution in [0, 0.1) is 11.6 Å². The highest BCUT2D eigenvalue weighted by atomic mass is 32.2. The Bertz CT molecular complexity index is 1560. The highest BCUT2D eigenvalue weighted by molar-refractivity contribution is 7.90. The maximum atomic E-state index is 13.6. The number of benzene rings is 3. The quantitative estimate of drug-likeness (QED) is 0.338. The summed E-state index contributed by atoms with van der Waals surface area (Å²) < 4.78 is 79.1. The smallest absolute Gasteiger partial charge is 0.249 e. The van der Waals surface area contributed by atoms with Gasteiger partial charge in [0.15, 0.2) is 0 Å². The van der Waals surface area contributed by atoms with Crippen molar-refractivity contribution in [3.8, 4) is 0 Å². The van der Waals surface area contributed by atoms with E-state index < -0.39 is 36.9 Å². The first kappa shape index (κ1) is 27.4. The van der Waals surface area contributed by atoms with Crippen LogP contribution in [0.4, 0.5) is 8.78 Å². The molecule has 0 saturated heterocycles. The van der Waals surface area contributed by atoms with Crippen LogP contribution in [0.1, 0.15) is 24.0 Å². The Morgan fingerprint density at radius 1 is 1.00 bits per heavy atom. The van der Waals surface area contributed by atoms with Crippen molar-refractivity contribution in [3.63, 3.8) is 0 Å². The van der Waals surface area contributed by atoms with Gasteiger partial charge in [-0.1, -0.05) is 42.5 Å². The zero-order valence-corrected chi connectivity index (χ0v) is 21.8. The molecule has 38 heavy (non-hydrogen) atoms. The average Bonchev–Trinajstić information content (AvgIpc) is 3.32. The molecule has 0 amide bonds. The zero-order chi connectivity index (χ0) is 27.5. The number of sulfonamides is 2. The molecule has 1 aliphatic rings. The fraction of sp³-hybridized carbons (Fsp3) is 0.200. The van der Waals surface area contributed by atoms with Crippen molar-refractivity contribution >= 4 is 31.7 Å². The van der Waals surface area contributed by atoms with Crippen LogP contribution in [0.3, 0.4) is 0 Å². The lowest BCUT2D eigenvalue weighted by molar-refractivity contribution is 0.460. The van der Waals surface area contributed by atoms with Crippen molar-refractivity contribution in [3.05, 3.63) is 102 Å². The minimum atomic E-state index is -4.26. The molecule has 3 N–H and O–H groups in total. The van der Waals surface area contributed by atoms with E-state index in [1.807, 2.05) is 30.3 Å². The molecule has 9 nitrogen and oxygen atoms in total. The van der Waals surface area contributed by atoms with E-state index in [2.05, 4.69) is 14.8 Å². The van der Waals surface area contributed by atoms with E-state index >= 15 is 0 Å². The van der Waals surface area contributed by atoms with Crippen LogP contribution in [-0.2, 0) is 20.0 Å². The first-order valence-corrected chi connectivity index (χ1v) is 14.5. The van der Waals surface area contributed by atoms with E-state index in [4.69, 9.17) is 5.14 Å². The lowest BCUT2D eigenvalue weighted by Gasteiger charge is -2.20. The Morgan fingerprint density at radius 3 is 2.16 bits per heavy atom. The molecule has 4 rings (SSSR count). The van der Waals surface area contributed by atoms with Crippen LogP contribution in [0.25, 0.3) is 0 Å². The lowest BCUT2D eigenvalue weighted by Crippen LogP contribution is -2.42. The van der Waals surface area contributed by atoms with Gasteiger partial charge in [-0.3, -0.25) is 0 Å². The number of nitrogens with two attached hydrogens (primary N) is 1. The normalized spacial score (nSPS) is 17.3. The second-order valence-electron chi connectivity index (χ2n) is 8.66. The molecule has 0 aromatic heterocycles. The fourth-order valence-electron chi connectivity index (χ4n) is 3.74. The number of hydrogen-bond acceptors (Lipinski definition) is 6. The second kappa shape index (κ2) is 11.0. The van der Waals surface area contributed by atoms with Crippen LogP contribution >= 0.6 is 0 Å². The van der Waals surface area contributed by atoms with Crippen molar-refractivity contribution in [1.29, 1.82) is 0 Å². The predicted molar refractivity (Wildman–Crippen MR) is 140 cm³/mol. The average molecular weight is 562 g/mol. The van der Waals surface area contributed by atoms with Crippen LogP contribution in [0.15, 0.2) is 93.9 Å². The van der Waals surface area contributed by atoms with Crippen LogP contribution in [0.2, 0.25) is 0 Å². The molecule has 0 radical (unpaired) electrons. The maximum absolute atomic E-state index is 13.6. The number of guanidine groups is 1. The van der Waals surface area contributed by atoms with Gasteiger partial charge in [-0.05, 0) is 54.4 Å². The summed E-state index contributed by atoms with van der Waals surface area (Å²) >= 11 is 0. The number of halogens is 2. The molecule has 0 spiro atoms. The molecule has 0 unspecified atom stereocenters. The van der Waals surface area contributed by atoms with Crippen LogP contribution < -0.4 is 9.86 Å². The first-order valence-electron chi connectivity index (χ1n) is 11.5. The van der Waals surface area contributed by atoms with Gasteiger partial charge in [0, 0.05) is 5.92 Å². The Hall–Kier alpha value is -3.68. The molecule has 13 heteroatoms. The van der Waals surface area contributed by atoms with Gasteiger partial charge in [0.25, 0.3) is 10.0 Å². The van der Waals surface area contributed by atoms with Crippen LogP contribution in [0.5, 0.6) is 0 Å². The largest absolute Gasteiger partial charge is 0.264 e. The third-order valence-corrected chi connectivity index (χ3v) is 8.52. The summed E-state index contributed by atoms with van der Waals surface area (Å²) in [6.45, 7) is 1.13. The molecule has 3 aromatic carbocycles. The summed E-state index contributed by atoms with van der Waals surface area (Å²) in [5.74, 6) is -1.63. The highest BCUT2D eigenvalue weighted by Crippen LogP contribution is 2.29. The highest BCUT2D eigenvalue weighted by Gasteiger charge is 2.33. The summed E-state index contributed by atoms with van der Waals surface area (Å²) in [6, 6.07) is 19.2. The minimum Gasteiger partial charge on any atom is -0.249 e. The summed E-state index contributed by atoms with van der Waals surface area (Å²) in [7, 11) is -8.21. The van der Waals surface area contributed by atoms with Crippen molar-refractivity contribution in [2.45, 2.75) is 23.0 Å². The molecule has 1 aliphatic heterocycles. The topological polar surface area (TPSA) is 134 Å². The number of aliphatic imine (C=N–C) groups is 1. The molecule has 0 fully saturated rings. The first-order chi connectivity index (χ1) is 17.9. The molecular weight excluding hydrogens is 536 g/mol. The van der Waals surface area contributed by atoms with Gasteiger partial charge >= 0.3 is 0 Å². The SMILES string of the molecule is C[C@@H](CN=C(NS(=O)(=O)c1ccc(F)cc1)N1C[C@@H](c2ccccc2)C(c2ccc(F)cc2)=N1)S(N)(=O)=O. The maximum Gasteiger partial charge on any atom is 0.264 e. The van der Waals surface area contributed by atoms with Crippen molar-refractivity contribution in [2.24, 2.45) is 15.2 Å². The third-order valence-electron chi connectivity index (χ3n) is 5.91. The van der Waals surface area contributed by atoms with Crippen molar-refractivity contribution in [1.82, 2.24) is 9.73 Å². The van der Waals surface area contributed by atoms with Crippen molar-refractivity contribution < 1.29 is 25.6 Å². The van der Waals surface area contributed by atoms with Gasteiger partial charge in [0.05, 0.1) is 28.9 Å². The van der Waals surface area contributed by atoms with E-state index in [0.29, 0.717) is 11.3 Å². The van der Waals surface area contributed by atoms with E-state index in [0.717, 1.165) is 29.8 Å². The van der Waals surface area contributed by atoms with Gasteiger partial charge in [0.1, 0.15) is 11.6 Å². The van der Waals surface area contributed by atoms with E-state index in [1.165, 1.54) is 24.1 Å². The summed E-state index contributed by atoms with van der Waals surface area (Å²) in [5.41, 5.74) is 2.02. The second-order valence-corrected chi connectivity index (χ2v) is 12.3. The molecule has 0 aliphatic carbocycles. The molecule has 2 atom stereocenters. The summed E-state index contributed by atoms with van der Waals surface area (Å²) in [4.78, 5) is 3.99. The number of hydrogen-bond donors (Lipinski definition) is 2. The Kier molecular flexibility index (Phi) is 7.90. The van der Waals surface area contributed by atoms with Crippen molar-refractivity contribution in [2.75, 3.05) is 13.1 Å². The molecule has 0 bridgehead atoms. The van der Waals surface area contributed by atoms with Gasteiger partial charge in [-0.25, -0.2) is 45.5 Å². The Balaban J connectivity index is 1.76. The van der Waals surface area contributed by atoms with Gasteiger partial charge in [-0.15, -0.1) is 0 Å².